The second-order valence-electron chi connectivity index (χ2n) is 3.54. The summed E-state index contributed by atoms with van der Waals surface area (Å²) in [5.41, 5.74) is 0. The Balaban J connectivity index is 3.35. The van der Waals surface area contributed by atoms with E-state index in [-0.39, 0.29) is 38.2 Å². The highest BCUT2D eigenvalue weighted by Gasteiger charge is 2.03. The smallest absolute Gasteiger partial charge is 0.329 e. The van der Waals surface area contributed by atoms with Gasteiger partial charge in [-0.1, -0.05) is 0 Å². The molecule has 3 N–H and O–H groups in total. The normalized spacial score (nSPS) is 9.74. The number of aliphatic carboxylic acids is 1. The van der Waals surface area contributed by atoms with Crippen molar-refractivity contribution >= 4 is 18.0 Å². The molecule has 0 saturated carbocycles. The van der Waals surface area contributed by atoms with Crippen LogP contribution in [0.15, 0.2) is 0 Å². The van der Waals surface area contributed by atoms with Crippen LogP contribution in [-0.2, 0) is 19.1 Å². The van der Waals surface area contributed by atoms with Crippen molar-refractivity contribution in [2.24, 2.45) is 0 Å². The van der Waals surface area contributed by atoms with Crippen molar-refractivity contribution in [3.05, 3.63) is 0 Å². The Bertz CT molecular complexity index is 295. The van der Waals surface area contributed by atoms with Crippen molar-refractivity contribution in [1.29, 1.82) is 0 Å². The standard InChI is InChI=1S/C11H20N2O6/c1-2-19-10(16)4-3-5-12-11(17)13-6-7-18-8-9(14)15/h2-8H2,1H3,(H,14,15)(H2,12,13,17). The fourth-order valence-electron chi connectivity index (χ4n) is 1.13. The number of hydrogen-bond acceptors (Lipinski definition) is 5. The molecule has 0 fully saturated rings. The number of nitrogens with one attached hydrogen (secondary N) is 2. The van der Waals surface area contributed by atoms with Crippen LogP contribution in [0.1, 0.15) is 19.8 Å². The van der Waals surface area contributed by atoms with Gasteiger partial charge in [0.15, 0.2) is 0 Å². The van der Waals surface area contributed by atoms with Gasteiger partial charge in [0.1, 0.15) is 6.61 Å². The quantitative estimate of drug-likeness (QED) is 0.374. The lowest BCUT2D eigenvalue weighted by Gasteiger charge is -2.07. The van der Waals surface area contributed by atoms with Crippen molar-refractivity contribution in [1.82, 2.24) is 10.6 Å². The van der Waals surface area contributed by atoms with Crippen LogP contribution in [0.5, 0.6) is 0 Å². The number of urea groups is 1. The molecular weight excluding hydrogens is 256 g/mol. The molecular formula is C11H20N2O6. The van der Waals surface area contributed by atoms with Gasteiger partial charge < -0.3 is 25.2 Å². The van der Waals surface area contributed by atoms with Gasteiger partial charge in [0.2, 0.25) is 0 Å². The summed E-state index contributed by atoms with van der Waals surface area (Å²) in [6.45, 7) is 2.40. The highest BCUT2D eigenvalue weighted by atomic mass is 16.5. The molecule has 0 saturated heterocycles. The van der Waals surface area contributed by atoms with Gasteiger partial charge in [0.05, 0.1) is 13.2 Å². The Kier molecular flexibility index (Phi) is 10.2. The number of rotatable bonds is 10. The Morgan fingerprint density at radius 2 is 1.84 bits per heavy atom. The van der Waals surface area contributed by atoms with Crippen molar-refractivity contribution in [3.8, 4) is 0 Å². The third-order valence-corrected chi connectivity index (χ3v) is 1.91. The van der Waals surface area contributed by atoms with E-state index in [1.54, 1.807) is 6.92 Å². The molecule has 0 bridgehead atoms. The summed E-state index contributed by atoms with van der Waals surface area (Å²) in [4.78, 5) is 32.3. The molecule has 0 spiro atoms. The highest BCUT2D eigenvalue weighted by Crippen LogP contribution is 1.91. The van der Waals surface area contributed by atoms with Crippen LogP contribution in [0.4, 0.5) is 4.79 Å². The van der Waals surface area contributed by atoms with E-state index >= 15 is 0 Å². The predicted octanol–water partition coefficient (Wildman–Crippen LogP) is -0.270. The predicted molar refractivity (Wildman–Crippen MR) is 65.7 cm³/mol. The topological polar surface area (TPSA) is 114 Å². The number of carbonyl (C=O) groups is 3. The van der Waals surface area contributed by atoms with E-state index in [1.165, 1.54) is 0 Å². The van der Waals surface area contributed by atoms with Crippen LogP contribution in [0.3, 0.4) is 0 Å². The molecule has 8 heteroatoms. The summed E-state index contributed by atoms with van der Waals surface area (Å²) in [6, 6.07) is -0.386. The zero-order chi connectivity index (χ0) is 14.5. The molecule has 0 atom stereocenters. The van der Waals surface area contributed by atoms with Gasteiger partial charge in [-0.3, -0.25) is 4.79 Å². The maximum atomic E-state index is 11.2. The van der Waals surface area contributed by atoms with Gasteiger partial charge in [-0.05, 0) is 13.3 Å². The molecule has 0 radical (unpaired) electrons. The third kappa shape index (κ3) is 12.4. The minimum Gasteiger partial charge on any atom is -0.480 e. The van der Waals surface area contributed by atoms with E-state index < -0.39 is 5.97 Å². The maximum Gasteiger partial charge on any atom is 0.329 e. The summed E-state index contributed by atoms with van der Waals surface area (Å²) >= 11 is 0. The molecule has 0 unspecified atom stereocenters. The van der Waals surface area contributed by atoms with Crippen LogP contribution in [-0.4, -0.2) is 56.0 Å². The van der Waals surface area contributed by atoms with Crippen molar-refractivity contribution in [2.45, 2.75) is 19.8 Å². The van der Waals surface area contributed by atoms with Crippen LogP contribution >= 0.6 is 0 Å². The molecule has 0 aliphatic rings. The number of ether oxygens (including phenoxy) is 2. The molecule has 8 nitrogen and oxygen atoms in total. The number of amides is 2. The Morgan fingerprint density at radius 1 is 1.16 bits per heavy atom. The number of esters is 1. The lowest BCUT2D eigenvalue weighted by atomic mass is 10.3. The molecule has 0 aromatic heterocycles. The Labute approximate surface area is 111 Å². The summed E-state index contributed by atoms with van der Waals surface area (Å²) in [6.07, 6.45) is 0.762. The first-order valence-corrected chi connectivity index (χ1v) is 6.03. The van der Waals surface area contributed by atoms with Gasteiger partial charge in [-0.25, -0.2) is 9.59 Å². The first-order chi connectivity index (χ1) is 9.06. The number of carboxylic acid groups (broad SMARTS) is 1. The molecule has 110 valence electrons. The zero-order valence-corrected chi connectivity index (χ0v) is 10.9. The van der Waals surface area contributed by atoms with Gasteiger partial charge in [-0.2, -0.15) is 0 Å². The van der Waals surface area contributed by atoms with Crippen LogP contribution in [0.25, 0.3) is 0 Å². The first kappa shape index (κ1) is 17.2. The van der Waals surface area contributed by atoms with Gasteiger partial charge in [-0.15, -0.1) is 0 Å². The summed E-state index contributed by atoms with van der Waals surface area (Å²) in [5.74, 6) is -1.34. The lowest BCUT2D eigenvalue weighted by Crippen LogP contribution is -2.38. The monoisotopic (exact) mass is 276 g/mol. The van der Waals surface area contributed by atoms with E-state index in [9.17, 15) is 14.4 Å². The van der Waals surface area contributed by atoms with Crippen molar-refractivity contribution in [3.63, 3.8) is 0 Å². The number of hydrogen-bond donors (Lipinski definition) is 3. The molecule has 0 rings (SSSR count). The molecule has 0 heterocycles. The first-order valence-electron chi connectivity index (χ1n) is 6.03. The van der Waals surface area contributed by atoms with Gasteiger partial charge in [0, 0.05) is 19.5 Å². The average Bonchev–Trinajstić information content (AvgIpc) is 2.34. The minimum absolute atomic E-state index is 0.128. The molecule has 0 aliphatic heterocycles. The van der Waals surface area contributed by atoms with E-state index in [0.29, 0.717) is 19.6 Å². The lowest BCUT2D eigenvalue weighted by molar-refractivity contribution is -0.143. The maximum absolute atomic E-state index is 11.2. The summed E-state index contributed by atoms with van der Waals surface area (Å²) < 4.78 is 9.45. The second-order valence-corrected chi connectivity index (χ2v) is 3.54. The third-order valence-electron chi connectivity index (χ3n) is 1.91. The fraction of sp³-hybridized carbons (Fsp3) is 0.727. The Hall–Kier alpha value is -1.83. The van der Waals surface area contributed by atoms with E-state index in [0.717, 1.165) is 0 Å². The molecule has 0 aromatic carbocycles. The summed E-state index contributed by atoms with van der Waals surface area (Å²) in [7, 11) is 0. The fourth-order valence-corrected chi connectivity index (χ4v) is 1.13. The molecule has 0 aromatic rings. The Morgan fingerprint density at radius 3 is 2.47 bits per heavy atom. The van der Waals surface area contributed by atoms with E-state index in [4.69, 9.17) is 14.6 Å². The second kappa shape index (κ2) is 11.3. The average molecular weight is 276 g/mol. The van der Waals surface area contributed by atoms with Crippen LogP contribution < -0.4 is 10.6 Å². The van der Waals surface area contributed by atoms with E-state index in [2.05, 4.69) is 10.6 Å². The molecule has 2 amide bonds. The van der Waals surface area contributed by atoms with Crippen molar-refractivity contribution in [2.75, 3.05) is 32.9 Å². The van der Waals surface area contributed by atoms with Gasteiger partial charge in [0.25, 0.3) is 0 Å². The molecule has 19 heavy (non-hydrogen) atoms. The molecule has 0 aliphatic carbocycles. The zero-order valence-electron chi connectivity index (χ0n) is 10.9. The van der Waals surface area contributed by atoms with Crippen molar-refractivity contribution < 1.29 is 29.0 Å². The van der Waals surface area contributed by atoms with Crippen LogP contribution in [0, 0.1) is 0 Å². The largest absolute Gasteiger partial charge is 0.480 e. The number of carbonyl (C=O) groups excluding carboxylic acids is 2. The van der Waals surface area contributed by atoms with Gasteiger partial charge >= 0.3 is 18.0 Å². The minimum atomic E-state index is -1.05. The van der Waals surface area contributed by atoms with E-state index in [1.807, 2.05) is 0 Å². The van der Waals surface area contributed by atoms with Crippen LogP contribution in [0.2, 0.25) is 0 Å². The number of carboxylic acids is 1. The highest BCUT2D eigenvalue weighted by molar-refractivity contribution is 5.74. The summed E-state index contributed by atoms with van der Waals surface area (Å²) in [5, 5.41) is 13.3. The SMILES string of the molecule is CCOC(=O)CCCNC(=O)NCCOCC(=O)O.